The average molecular weight is 807 g/mol. The molecule has 6 aromatic rings. The number of fused-ring (bicyclic) bond motifs is 3. The number of amides is 2. The van der Waals surface area contributed by atoms with Crippen LogP contribution in [-0.4, -0.2) is 122 Å². The molecule has 0 aliphatic carbocycles. The standard InChI is InChI=1S/C47H54N10O3/c1-53(21-22-54-23-25-56(26-24-54)30-32-8-11-35(12-9-32)38-28-40(51-52-45(38)48)37-5-2-3-7-43(37)58)29-33-16-19-55(20-17-33)31-34-10-13-41-39(27-34)36-6-4-18-49-46(36)57(41)42-14-15-44(59)50-47(42)60/h2-13,18,27-28,33,42,58H,14-17,19-26,29-31H2,1H3,(H2,48,52)(H,50,59,60). The van der Waals surface area contributed by atoms with Crippen molar-refractivity contribution in [2.45, 2.75) is 44.8 Å². The number of para-hydroxylation sites is 1. The predicted octanol–water partition coefficient (Wildman–Crippen LogP) is 5.54. The number of piperidine rings is 2. The van der Waals surface area contributed by atoms with Gasteiger partial charge in [-0.2, -0.15) is 0 Å². The number of pyridine rings is 1. The Hall–Kier alpha value is -5.73. The van der Waals surface area contributed by atoms with Gasteiger partial charge in [0.25, 0.3) is 0 Å². The van der Waals surface area contributed by atoms with Crippen LogP contribution >= 0.6 is 0 Å². The number of phenolic OH excluding ortho intramolecular Hbond substituents is 1. The fourth-order valence-electron chi connectivity index (χ4n) is 9.37. The van der Waals surface area contributed by atoms with E-state index in [2.05, 4.69) is 95.7 Å². The molecule has 3 saturated heterocycles. The van der Waals surface area contributed by atoms with Gasteiger partial charge in [0.1, 0.15) is 17.4 Å². The number of hydrogen-bond donors (Lipinski definition) is 3. The molecule has 0 spiro atoms. The van der Waals surface area contributed by atoms with Crippen molar-refractivity contribution in [1.29, 1.82) is 0 Å². The molecule has 4 N–H and O–H groups in total. The third kappa shape index (κ3) is 8.62. The minimum atomic E-state index is -0.444. The third-order valence-corrected chi connectivity index (χ3v) is 12.8. The van der Waals surface area contributed by atoms with Gasteiger partial charge in [-0.25, -0.2) is 4.98 Å². The first-order valence-electron chi connectivity index (χ1n) is 21.3. The van der Waals surface area contributed by atoms with Gasteiger partial charge in [-0.1, -0.05) is 42.5 Å². The van der Waals surface area contributed by atoms with Crippen molar-refractivity contribution < 1.29 is 14.7 Å². The smallest absolute Gasteiger partial charge is 0.249 e. The molecule has 13 heteroatoms. The number of aromatic nitrogens is 4. The first-order valence-corrected chi connectivity index (χ1v) is 21.3. The average Bonchev–Trinajstić information content (AvgIpc) is 3.58. The molecule has 3 aromatic carbocycles. The highest BCUT2D eigenvalue weighted by Gasteiger charge is 2.31. The normalized spacial score (nSPS) is 18.8. The van der Waals surface area contributed by atoms with Crippen molar-refractivity contribution in [3.05, 3.63) is 102 Å². The molecule has 3 aromatic heterocycles. The summed E-state index contributed by atoms with van der Waals surface area (Å²) in [6.45, 7) is 11.6. The SMILES string of the molecule is CN(CCN1CCN(Cc2ccc(-c3cc(-c4ccccc4O)nnc3N)cc2)CC1)CC1CCN(Cc2ccc3c(c2)c2cccnc2n3C2CCC(=O)NC2=O)CC1. The lowest BCUT2D eigenvalue weighted by Crippen LogP contribution is -2.48. The maximum absolute atomic E-state index is 12.9. The highest BCUT2D eigenvalue weighted by atomic mass is 16.3. The lowest BCUT2D eigenvalue weighted by atomic mass is 9.96. The van der Waals surface area contributed by atoms with Crippen LogP contribution in [0.25, 0.3) is 44.3 Å². The number of likely N-dealkylation sites (tertiary alicyclic amines) is 1. The van der Waals surface area contributed by atoms with E-state index in [1.165, 1.54) is 24.0 Å². The predicted molar refractivity (Wildman–Crippen MR) is 235 cm³/mol. The Morgan fingerprint density at radius 3 is 2.30 bits per heavy atom. The maximum Gasteiger partial charge on any atom is 0.249 e. The number of imide groups is 1. The lowest BCUT2D eigenvalue weighted by Gasteiger charge is -2.36. The van der Waals surface area contributed by atoms with Crippen LogP contribution in [0.3, 0.4) is 0 Å². The minimum Gasteiger partial charge on any atom is -0.507 e. The molecular formula is C47H54N10O3. The molecule has 310 valence electrons. The molecule has 2 amide bonds. The van der Waals surface area contributed by atoms with Gasteiger partial charge >= 0.3 is 0 Å². The van der Waals surface area contributed by atoms with Crippen molar-refractivity contribution in [3.8, 4) is 28.1 Å². The highest BCUT2D eigenvalue weighted by molar-refractivity contribution is 6.09. The first kappa shape index (κ1) is 39.7. The van der Waals surface area contributed by atoms with E-state index >= 15 is 0 Å². The molecule has 1 unspecified atom stereocenters. The summed E-state index contributed by atoms with van der Waals surface area (Å²) in [4.78, 5) is 39.6. The van der Waals surface area contributed by atoms with E-state index in [-0.39, 0.29) is 17.6 Å². The Kier molecular flexibility index (Phi) is 11.6. The number of benzene rings is 3. The summed E-state index contributed by atoms with van der Waals surface area (Å²) in [5, 5.41) is 23.4. The quantitative estimate of drug-likeness (QED) is 0.134. The van der Waals surface area contributed by atoms with Gasteiger partial charge in [-0.3, -0.25) is 29.6 Å². The minimum absolute atomic E-state index is 0.164. The fraction of sp³-hybridized carbons (Fsp3) is 0.383. The van der Waals surface area contributed by atoms with Crippen LogP contribution in [0.15, 0.2) is 91.1 Å². The Balaban J connectivity index is 0.710. The summed E-state index contributed by atoms with van der Waals surface area (Å²) in [6.07, 6.45) is 5.00. The molecule has 0 bridgehead atoms. The van der Waals surface area contributed by atoms with Crippen molar-refractivity contribution in [3.63, 3.8) is 0 Å². The number of nitrogen functional groups attached to an aromatic ring is 1. The van der Waals surface area contributed by atoms with E-state index in [1.54, 1.807) is 18.3 Å². The van der Waals surface area contributed by atoms with Gasteiger partial charge in [-0.05, 0) is 104 Å². The zero-order chi connectivity index (χ0) is 41.2. The van der Waals surface area contributed by atoms with E-state index in [4.69, 9.17) is 5.73 Å². The van der Waals surface area contributed by atoms with E-state index in [1.807, 2.05) is 28.8 Å². The number of phenols is 1. The van der Waals surface area contributed by atoms with Gasteiger partial charge in [0, 0.05) is 93.4 Å². The highest BCUT2D eigenvalue weighted by Crippen LogP contribution is 2.35. The number of nitrogens with one attached hydrogen (secondary N) is 1. The maximum atomic E-state index is 12.9. The molecule has 60 heavy (non-hydrogen) atoms. The van der Waals surface area contributed by atoms with Crippen molar-refractivity contribution in [2.24, 2.45) is 5.92 Å². The Morgan fingerprint density at radius 2 is 1.52 bits per heavy atom. The number of carbonyl (C=O) groups excluding carboxylic acids is 2. The van der Waals surface area contributed by atoms with Crippen molar-refractivity contribution >= 4 is 39.6 Å². The monoisotopic (exact) mass is 806 g/mol. The second kappa shape index (κ2) is 17.5. The Labute approximate surface area is 350 Å². The number of rotatable bonds is 12. The molecule has 13 nitrogen and oxygen atoms in total. The van der Waals surface area contributed by atoms with E-state index < -0.39 is 6.04 Å². The second-order valence-electron chi connectivity index (χ2n) is 16.9. The van der Waals surface area contributed by atoms with Gasteiger partial charge in [0.05, 0.1) is 11.2 Å². The number of aromatic hydroxyl groups is 1. The first-order chi connectivity index (χ1) is 29.3. The topological polar surface area (TPSA) is 149 Å². The van der Waals surface area contributed by atoms with E-state index in [0.717, 1.165) is 105 Å². The Bertz CT molecular complexity index is 2490. The van der Waals surface area contributed by atoms with Gasteiger partial charge in [-0.15, -0.1) is 10.2 Å². The molecular weight excluding hydrogens is 753 g/mol. The molecule has 1 atom stereocenters. The molecule has 0 radical (unpaired) electrons. The number of carbonyl (C=O) groups is 2. The van der Waals surface area contributed by atoms with Gasteiger partial charge in [0.2, 0.25) is 11.8 Å². The molecule has 6 heterocycles. The van der Waals surface area contributed by atoms with Crippen LogP contribution in [0, 0.1) is 5.92 Å². The van der Waals surface area contributed by atoms with Crippen LogP contribution in [0.4, 0.5) is 5.82 Å². The fourth-order valence-corrected chi connectivity index (χ4v) is 9.37. The van der Waals surface area contributed by atoms with Crippen LogP contribution in [0.2, 0.25) is 0 Å². The van der Waals surface area contributed by atoms with Gasteiger partial charge in [0.15, 0.2) is 5.82 Å². The lowest BCUT2D eigenvalue weighted by molar-refractivity contribution is -0.135. The molecule has 3 fully saturated rings. The second-order valence-corrected chi connectivity index (χ2v) is 16.9. The number of anilines is 1. The number of hydrogen-bond acceptors (Lipinski definition) is 11. The number of likely N-dealkylation sites (N-methyl/N-ethyl adjacent to an activating group) is 1. The number of nitrogens with zero attached hydrogens (tertiary/aromatic N) is 8. The molecule has 3 aliphatic heterocycles. The van der Waals surface area contributed by atoms with Crippen molar-refractivity contribution in [1.82, 2.24) is 44.7 Å². The van der Waals surface area contributed by atoms with E-state index in [9.17, 15) is 14.7 Å². The summed E-state index contributed by atoms with van der Waals surface area (Å²) in [6, 6.07) is 27.7. The zero-order valence-corrected chi connectivity index (χ0v) is 34.3. The zero-order valence-electron chi connectivity index (χ0n) is 34.3. The summed E-state index contributed by atoms with van der Waals surface area (Å²) in [5.41, 5.74) is 13.6. The largest absolute Gasteiger partial charge is 0.507 e. The number of nitrogens with two attached hydrogens (primary N) is 1. The van der Waals surface area contributed by atoms with E-state index in [0.29, 0.717) is 35.8 Å². The summed E-state index contributed by atoms with van der Waals surface area (Å²) in [7, 11) is 2.28. The van der Waals surface area contributed by atoms with Crippen LogP contribution in [0.5, 0.6) is 5.75 Å². The summed E-state index contributed by atoms with van der Waals surface area (Å²) in [5.74, 6) is 0.779. The van der Waals surface area contributed by atoms with Gasteiger partial charge < -0.3 is 20.3 Å². The van der Waals surface area contributed by atoms with Crippen LogP contribution < -0.4 is 11.1 Å². The van der Waals surface area contributed by atoms with Crippen LogP contribution in [0.1, 0.15) is 42.9 Å². The molecule has 3 aliphatic rings. The summed E-state index contributed by atoms with van der Waals surface area (Å²) >= 11 is 0. The van der Waals surface area contributed by atoms with Crippen molar-refractivity contribution in [2.75, 3.05) is 71.7 Å². The summed E-state index contributed by atoms with van der Waals surface area (Å²) < 4.78 is 2.02. The van der Waals surface area contributed by atoms with Crippen LogP contribution in [-0.2, 0) is 22.7 Å². The Morgan fingerprint density at radius 1 is 0.783 bits per heavy atom. The molecule has 0 saturated carbocycles. The third-order valence-electron chi connectivity index (χ3n) is 12.8. The number of piperazine rings is 1. The molecule has 9 rings (SSSR count).